The fraction of sp³-hybridized carbons (Fsp3) is 0.375. The number of furan rings is 1. The summed E-state index contributed by atoms with van der Waals surface area (Å²) >= 11 is 0. The summed E-state index contributed by atoms with van der Waals surface area (Å²) in [7, 11) is 0. The molecule has 0 spiro atoms. The predicted molar refractivity (Wildman–Crippen MR) is 83.7 cm³/mol. The van der Waals surface area contributed by atoms with Gasteiger partial charge in [0.1, 0.15) is 22.9 Å². The number of aromatic nitrogens is 1. The number of anilines is 1. The molecule has 0 radical (unpaired) electrons. The van der Waals surface area contributed by atoms with Gasteiger partial charge in [-0.1, -0.05) is 0 Å². The quantitative estimate of drug-likeness (QED) is 0.760. The number of hydrogen-bond acceptors (Lipinski definition) is 5. The molecule has 2 rings (SSSR count). The average Bonchev–Trinajstić information content (AvgIpc) is 2.93. The van der Waals surface area contributed by atoms with Crippen LogP contribution in [0.3, 0.4) is 0 Å². The van der Waals surface area contributed by atoms with Gasteiger partial charge in [-0.2, -0.15) is 0 Å². The molecule has 2 aromatic heterocycles. The predicted octanol–water partition coefficient (Wildman–Crippen LogP) is 2.05. The first-order chi connectivity index (χ1) is 10.4. The summed E-state index contributed by atoms with van der Waals surface area (Å²) in [6, 6.07) is 6.95. The lowest BCUT2D eigenvalue weighted by Gasteiger charge is -2.21. The van der Waals surface area contributed by atoms with E-state index in [1.807, 2.05) is 19.9 Å². The van der Waals surface area contributed by atoms with E-state index in [2.05, 4.69) is 15.6 Å². The summed E-state index contributed by atoms with van der Waals surface area (Å²) in [5.41, 5.74) is -0.644. The Balaban J connectivity index is 1.98. The molecule has 2 heterocycles. The van der Waals surface area contributed by atoms with E-state index in [0.717, 1.165) is 5.76 Å². The van der Waals surface area contributed by atoms with Crippen LogP contribution in [0.25, 0.3) is 0 Å². The second-order valence-electron chi connectivity index (χ2n) is 5.33. The molecule has 0 bridgehead atoms. The Morgan fingerprint density at radius 2 is 2.14 bits per heavy atom. The number of aliphatic hydroxyl groups is 1. The molecule has 0 aliphatic rings. The van der Waals surface area contributed by atoms with Gasteiger partial charge >= 0.3 is 0 Å². The van der Waals surface area contributed by atoms with Crippen LogP contribution in [-0.2, 0) is 5.60 Å². The van der Waals surface area contributed by atoms with Gasteiger partial charge < -0.3 is 20.2 Å². The van der Waals surface area contributed by atoms with Gasteiger partial charge in [0.25, 0.3) is 5.91 Å². The van der Waals surface area contributed by atoms with Gasteiger partial charge in [0.15, 0.2) is 0 Å². The van der Waals surface area contributed by atoms with Crippen LogP contribution in [0.5, 0.6) is 0 Å². The van der Waals surface area contributed by atoms with E-state index in [1.165, 1.54) is 6.20 Å². The van der Waals surface area contributed by atoms with E-state index in [0.29, 0.717) is 23.7 Å². The van der Waals surface area contributed by atoms with Gasteiger partial charge in [-0.05, 0) is 45.0 Å². The maximum absolute atomic E-state index is 11.6. The second-order valence-corrected chi connectivity index (χ2v) is 5.33. The molecule has 1 amide bonds. The number of nitrogens with zero attached hydrogens (tertiary/aromatic N) is 1. The molecular formula is C16H21N3O3. The van der Waals surface area contributed by atoms with Gasteiger partial charge in [-0.25, -0.2) is 4.98 Å². The van der Waals surface area contributed by atoms with Crippen LogP contribution in [0, 0.1) is 6.92 Å². The summed E-state index contributed by atoms with van der Waals surface area (Å²) < 4.78 is 5.45. The lowest BCUT2D eigenvalue weighted by atomic mass is 10.0. The molecule has 0 saturated carbocycles. The van der Waals surface area contributed by atoms with Crippen molar-refractivity contribution >= 4 is 11.7 Å². The summed E-state index contributed by atoms with van der Waals surface area (Å²) in [6.45, 7) is 6.17. The number of carbonyl (C=O) groups excluding carboxylic acids is 1. The number of amides is 1. The zero-order valence-electron chi connectivity index (χ0n) is 13.0. The van der Waals surface area contributed by atoms with E-state index in [1.54, 1.807) is 25.1 Å². The topological polar surface area (TPSA) is 87.4 Å². The van der Waals surface area contributed by atoms with Crippen LogP contribution in [0.4, 0.5) is 5.82 Å². The van der Waals surface area contributed by atoms with E-state index >= 15 is 0 Å². The SMILES string of the molecule is CCNC(=O)c1ccc(NCC(C)(O)c2ccc(C)o2)nc1. The van der Waals surface area contributed by atoms with Gasteiger partial charge in [0.2, 0.25) is 0 Å². The molecule has 1 atom stereocenters. The van der Waals surface area contributed by atoms with Crippen molar-refractivity contribution in [3.8, 4) is 0 Å². The van der Waals surface area contributed by atoms with Crippen molar-refractivity contribution in [3.05, 3.63) is 47.5 Å². The highest BCUT2D eigenvalue weighted by molar-refractivity contribution is 5.93. The molecular weight excluding hydrogens is 282 g/mol. The van der Waals surface area contributed by atoms with Gasteiger partial charge in [-0.3, -0.25) is 4.79 Å². The highest BCUT2D eigenvalue weighted by Crippen LogP contribution is 2.23. The normalized spacial score (nSPS) is 13.5. The molecule has 22 heavy (non-hydrogen) atoms. The van der Waals surface area contributed by atoms with E-state index in [9.17, 15) is 9.90 Å². The van der Waals surface area contributed by atoms with Crippen molar-refractivity contribution < 1.29 is 14.3 Å². The number of aryl methyl sites for hydroxylation is 1. The molecule has 0 aromatic carbocycles. The van der Waals surface area contributed by atoms with Crippen molar-refractivity contribution in [3.63, 3.8) is 0 Å². The summed E-state index contributed by atoms with van der Waals surface area (Å²) in [6.07, 6.45) is 1.50. The summed E-state index contributed by atoms with van der Waals surface area (Å²) in [5, 5.41) is 16.2. The Labute approximate surface area is 129 Å². The molecule has 0 aliphatic carbocycles. The van der Waals surface area contributed by atoms with Crippen LogP contribution in [-0.4, -0.2) is 29.1 Å². The first-order valence-corrected chi connectivity index (χ1v) is 7.20. The lowest BCUT2D eigenvalue weighted by Crippen LogP contribution is -2.30. The fourth-order valence-corrected chi connectivity index (χ4v) is 1.97. The minimum absolute atomic E-state index is 0.153. The Hall–Kier alpha value is -2.34. The molecule has 118 valence electrons. The van der Waals surface area contributed by atoms with E-state index in [4.69, 9.17) is 4.42 Å². The first-order valence-electron chi connectivity index (χ1n) is 7.20. The maximum Gasteiger partial charge on any atom is 0.252 e. The van der Waals surface area contributed by atoms with Gasteiger partial charge in [0, 0.05) is 12.7 Å². The second kappa shape index (κ2) is 6.62. The van der Waals surface area contributed by atoms with Crippen LogP contribution in [0.15, 0.2) is 34.9 Å². The van der Waals surface area contributed by atoms with Gasteiger partial charge in [-0.15, -0.1) is 0 Å². The molecule has 1 unspecified atom stereocenters. The Morgan fingerprint density at radius 3 is 2.68 bits per heavy atom. The van der Waals surface area contributed by atoms with Crippen molar-refractivity contribution in [2.75, 3.05) is 18.4 Å². The zero-order valence-corrected chi connectivity index (χ0v) is 13.0. The van der Waals surface area contributed by atoms with Gasteiger partial charge in [0.05, 0.1) is 12.1 Å². The molecule has 6 heteroatoms. The maximum atomic E-state index is 11.6. The third-order valence-corrected chi connectivity index (χ3v) is 3.25. The number of nitrogens with one attached hydrogen (secondary N) is 2. The monoisotopic (exact) mass is 303 g/mol. The zero-order chi connectivity index (χ0) is 16.2. The molecule has 0 saturated heterocycles. The number of carbonyl (C=O) groups is 1. The molecule has 0 fully saturated rings. The summed E-state index contributed by atoms with van der Waals surface area (Å²) in [4.78, 5) is 15.8. The smallest absolute Gasteiger partial charge is 0.252 e. The molecule has 3 N–H and O–H groups in total. The Kier molecular flexibility index (Phi) is 4.82. The number of hydrogen-bond donors (Lipinski definition) is 3. The Bertz CT molecular complexity index is 632. The molecule has 0 aliphatic heterocycles. The van der Waals surface area contributed by atoms with Crippen molar-refractivity contribution in [1.29, 1.82) is 0 Å². The van der Waals surface area contributed by atoms with Crippen LogP contribution < -0.4 is 10.6 Å². The van der Waals surface area contributed by atoms with Crippen LogP contribution in [0.1, 0.15) is 35.7 Å². The molecule has 2 aromatic rings. The van der Waals surface area contributed by atoms with E-state index < -0.39 is 5.60 Å². The third kappa shape index (κ3) is 3.85. The fourth-order valence-electron chi connectivity index (χ4n) is 1.97. The Morgan fingerprint density at radius 1 is 1.36 bits per heavy atom. The number of rotatable bonds is 6. The number of pyridine rings is 1. The largest absolute Gasteiger partial charge is 0.463 e. The minimum atomic E-state index is -1.14. The highest BCUT2D eigenvalue weighted by Gasteiger charge is 2.26. The first kappa shape index (κ1) is 16.0. The van der Waals surface area contributed by atoms with E-state index in [-0.39, 0.29) is 12.5 Å². The van der Waals surface area contributed by atoms with Crippen LogP contribution in [0.2, 0.25) is 0 Å². The molecule has 6 nitrogen and oxygen atoms in total. The van der Waals surface area contributed by atoms with Crippen molar-refractivity contribution in [2.24, 2.45) is 0 Å². The highest BCUT2D eigenvalue weighted by atomic mass is 16.4. The van der Waals surface area contributed by atoms with Crippen LogP contribution >= 0.6 is 0 Å². The average molecular weight is 303 g/mol. The summed E-state index contributed by atoms with van der Waals surface area (Å²) in [5.74, 6) is 1.67. The van der Waals surface area contributed by atoms with Crippen molar-refractivity contribution in [1.82, 2.24) is 10.3 Å². The standard InChI is InChI=1S/C16H21N3O3/c1-4-17-15(20)12-6-8-14(18-9-12)19-10-16(3,21)13-7-5-11(2)22-13/h5-9,21H,4,10H2,1-3H3,(H,17,20)(H,18,19). The minimum Gasteiger partial charge on any atom is -0.463 e. The van der Waals surface area contributed by atoms with Crippen molar-refractivity contribution in [2.45, 2.75) is 26.4 Å². The third-order valence-electron chi connectivity index (χ3n) is 3.25. The lowest BCUT2D eigenvalue weighted by molar-refractivity contribution is 0.0467.